The number of hydrogen-bond donors (Lipinski definition) is 1. The van der Waals surface area contributed by atoms with Crippen molar-refractivity contribution in [1.29, 1.82) is 0 Å². The molecule has 188 valence electrons. The second-order valence-corrected chi connectivity index (χ2v) is 9.71. The van der Waals surface area contributed by atoms with Gasteiger partial charge in [-0.05, 0) is 77.7 Å². The monoisotopic (exact) mass is 535 g/mol. The summed E-state index contributed by atoms with van der Waals surface area (Å²) in [5.74, 6) is -0.484. The van der Waals surface area contributed by atoms with E-state index in [1.807, 2.05) is 24.5 Å². The second-order valence-electron chi connectivity index (χ2n) is 7.83. The molecule has 1 saturated heterocycles. The third kappa shape index (κ3) is 6.78. The van der Waals surface area contributed by atoms with Crippen LogP contribution in [0.4, 0.5) is 16.2 Å². The largest absolute Gasteiger partial charge is 0.489 e. The smallest absolute Gasteiger partial charge is 0.294 e. The maximum absolute atomic E-state index is 12.8. The zero-order valence-electron chi connectivity index (χ0n) is 19.6. The molecule has 0 spiro atoms. The summed E-state index contributed by atoms with van der Waals surface area (Å²) in [5.41, 5.74) is 1.99. The molecule has 3 aromatic rings. The molecule has 9 nitrogen and oxygen atoms in total. The average Bonchev–Trinajstić information content (AvgIpc) is 3.15. The molecule has 0 aliphatic carbocycles. The van der Waals surface area contributed by atoms with Crippen molar-refractivity contribution in [2.45, 2.75) is 11.5 Å². The molecular weight excluding hydrogens is 514 g/mol. The first-order valence-electron chi connectivity index (χ1n) is 11.0. The van der Waals surface area contributed by atoms with Crippen molar-refractivity contribution in [3.05, 3.63) is 98.9 Å². The van der Waals surface area contributed by atoms with Crippen LogP contribution in [-0.4, -0.2) is 39.7 Å². The van der Waals surface area contributed by atoms with Crippen LogP contribution >= 0.6 is 23.5 Å². The lowest BCUT2D eigenvalue weighted by Crippen LogP contribution is -2.36. The van der Waals surface area contributed by atoms with E-state index in [9.17, 15) is 24.5 Å². The van der Waals surface area contributed by atoms with Crippen LogP contribution in [0.25, 0.3) is 6.08 Å². The van der Waals surface area contributed by atoms with Gasteiger partial charge in [0, 0.05) is 22.7 Å². The number of carbonyl (C=O) groups is 3. The lowest BCUT2D eigenvalue weighted by atomic mass is 10.2. The first-order valence-corrected chi connectivity index (χ1v) is 13.0. The normalized spacial score (nSPS) is 14.2. The molecule has 1 aliphatic heterocycles. The van der Waals surface area contributed by atoms with Crippen LogP contribution in [0.3, 0.4) is 0 Å². The Morgan fingerprint density at radius 1 is 1.11 bits per heavy atom. The Labute approximate surface area is 221 Å². The number of ether oxygens (including phenoxy) is 1. The highest BCUT2D eigenvalue weighted by Gasteiger charge is 2.36. The van der Waals surface area contributed by atoms with Gasteiger partial charge in [0.15, 0.2) is 0 Å². The Morgan fingerprint density at radius 3 is 2.59 bits per heavy atom. The molecule has 11 heteroatoms. The van der Waals surface area contributed by atoms with E-state index in [-0.39, 0.29) is 23.7 Å². The maximum atomic E-state index is 12.8. The quantitative estimate of drug-likeness (QED) is 0.163. The van der Waals surface area contributed by atoms with E-state index in [1.165, 1.54) is 23.9 Å². The van der Waals surface area contributed by atoms with Gasteiger partial charge in [-0.3, -0.25) is 29.4 Å². The van der Waals surface area contributed by atoms with Gasteiger partial charge in [-0.2, -0.15) is 0 Å². The van der Waals surface area contributed by atoms with Crippen LogP contribution in [0.5, 0.6) is 5.75 Å². The molecule has 1 aliphatic rings. The summed E-state index contributed by atoms with van der Waals surface area (Å²) in [6.07, 6.45) is 3.50. The van der Waals surface area contributed by atoms with Gasteiger partial charge in [0.1, 0.15) is 18.9 Å². The van der Waals surface area contributed by atoms with E-state index in [0.717, 1.165) is 27.1 Å². The van der Waals surface area contributed by atoms with Crippen molar-refractivity contribution < 1.29 is 24.0 Å². The number of benzene rings is 3. The number of hydrogen-bond acceptors (Lipinski definition) is 8. The Morgan fingerprint density at radius 2 is 1.86 bits per heavy atom. The Kier molecular flexibility index (Phi) is 8.26. The molecule has 0 aromatic heterocycles. The average molecular weight is 536 g/mol. The molecule has 1 heterocycles. The number of nitrogens with one attached hydrogen (secondary N) is 1. The Balaban J connectivity index is 1.38. The fourth-order valence-corrected chi connectivity index (χ4v) is 4.71. The number of non-ortho nitro benzene ring substituents is 1. The standard InChI is InChI=1S/C26H21N3O6S2/c1-36-22-7-3-5-19(14-22)27-24(30)15-28-25(31)23(37-26(28)32)13-18-4-2-6-21(12-18)35-16-17-8-10-20(11-9-17)29(33)34/h2-14H,15-16H2,1H3,(H,27,30)/b23-13+. The highest BCUT2D eigenvalue weighted by atomic mass is 32.2. The van der Waals surface area contributed by atoms with Gasteiger partial charge in [-0.15, -0.1) is 11.8 Å². The molecule has 0 bridgehead atoms. The molecule has 1 fully saturated rings. The summed E-state index contributed by atoms with van der Waals surface area (Å²) in [6.45, 7) is -0.184. The topological polar surface area (TPSA) is 119 Å². The van der Waals surface area contributed by atoms with E-state index in [2.05, 4.69) is 5.32 Å². The number of thioether (sulfide) groups is 2. The molecule has 37 heavy (non-hydrogen) atoms. The van der Waals surface area contributed by atoms with Crippen LogP contribution in [0.2, 0.25) is 0 Å². The summed E-state index contributed by atoms with van der Waals surface area (Å²) in [6, 6.07) is 20.3. The molecule has 1 N–H and O–H groups in total. The number of imide groups is 1. The predicted octanol–water partition coefficient (Wildman–Crippen LogP) is 5.57. The zero-order chi connectivity index (χ0) is 26.4. The fourth-order valence-electron chi connectivity index (χ4n) is 3.41. The fraction of sp³-hybridized carbons (Fsp3) is 0.115. The van der Waals surface area contributed by atoms with Crippen molar-refractivity contribution in [3.63, 3.8) is 0 Å². The number of amides is 3. The summed E-state index contributed by atoms with van der Waals surface area (Å²) in [7, 11) is 0. The van der Waals surface area contributed by atoms with Crippen LogP contribution < -0.4 is 10.1 Å². The number of nitrogens with zero attached hydrogens (tertiary/aromatic N) is 2. The van der Waals surface area contributed by atoms with Gasteiger partial charge in [-0.1, -0.05) is 18.2 Å². The van der Waals surface area contributed by atoms with Crippen LogP contribution in [0.15, 0.2) is 82.6 Å². The third-order valence-corrected chi connectivity index (χ3v) is 6.87. The molecule has 3 aromatic carbocycles. The number of carbonyl (C=O) groups excluding carboxylic acids is 3. The van der Waals surface area contributed by atoms with Gasteiger partial charge in [-0.25, -0.2) is 0 Å². The van der Waals surface area contributed by atoms with E-state index in [4.69, 9.17) is 4.74 Å². The number of nitro groups is 1. The van der Waals surface area contributed by atoms with Gasteiger partial charge in [0.05, 0.1) is 9.83 Å². The van der Waals surface area contributed by atoms with E-state index >= 15 is 0 Å². The first-order chi connectivity index (χ1) is 17.8. The maximum Gasteiger partial charge on any atom is 0.294 e. The number of nitro benzene ring substituents is 1. The van der Waals surface area contributed by atoms with E-state index in [1.54, 1.807) is 48.5 Å². The van der Waals surface area contributed by atoms with E-state index < -0.39 is 22.0 Å². The summed E-state index contributed by atoms with van der Waals surface area (Å²) in [5, 5.41) is 13.0. The lowest BCUT2D eigenvalue weighted by Gasteiger charge is -2.12. The lowest BCUT2D eigenvalue weighted by molar-refractivity contribution is -0.384. The highest BCUT2D eigenvalue weighted by molar-refractivity contribution is 8.18. The number of anilines is 1. The highest BCUT2D eigenvalue weighted by Crippen LogP contribution is 2.32. The molecule has 4 rings (SSSR count). The molecule has 0 atom stereocenters. The SMILES string of the molecule is CSc1cccc(NC(=O)CN2C(=O)S/C(=C/c3cccc(OCc4ccc([N+](=O)[O-])cc4)c3)C2=O)c1. The van der Waals surface area contributed by atoms with Crippen molar-refractivity contribution in [2.75, 3.05) is 18.1 Å². The van der Waals surface area contributed by atoms with Gasteiger partial charge >= 0.3 is 0 Å². The summed E-state index contributed by atoms with van der Waals surface area (Å²) >= 11 is 2.31. The molecule has 0 radical (unpaired) electrons. The third-order valence-electron chi connectivity index (χ3n) is 5.24. The summed E-state index contributed by atoms with van der Waals surface area (Å²) in [4.78, 5) is 50.2. The van der Waals surface area contributed by atoms with Gasteiger partial charge in [0.2, 0.25) is 5.91 Å². The molecule has 0 unspecified atom stereocenters. The Bertz CT molecular complexity index is 1390. The predicted molar refractivity (Wildman–Crippen MR) is 143 cm³/mol. The molecular formula is C26H21N3O6S2. The summed E-state index contributed by atoms with van der Waals surface area (Å²) < 4.78 is 5.77. The second kappa shape index (κ2) is 11.8. The zero-order valence-corrected chi connectivity index (χ0v) is 21.2. The minimum atomic E-state index is -0.541. The van der Waals surface area contributed by atoms with Gasteiger partial charge < -0.3 is 10.1 Å². The Hall–Kier alpha value is -4.09. The van der Waals surface area contributed by atoms with Crippen molar-refractivity contribution in [1.82, 2.24) is 4.90 Å². The minimum absolute atomic E-state index is 0.00183. The van der Waals surface area contributed by atoms with Crippen LogP contribution in [-0.2, 0) is 16.2 Å². The van der Waals surface area contributed by atoms with Gasteiger partial charge in [0.25, 0.3) is 16.8 Å². The van der Waals surface area contributed by atoms with Crippen molar-refractivity contribution >= 4 is 58.0 Å². The molecule has 3 amide bonds. The van der Waals surface area contributed by atoms with Crippen molar-refractivity contribution in [3.8, 4) is 5.75 Å². The minimum Gasteiger partial charge on any atom is -0.489 e. The van der Waals surface area contributed by atoms with Crippen molar-refractivity contribution in [2.24, 2.45) is 0 Å². The first kappa shape index (κ1) is 26.0. The van der Waals surface area contributed by atoms with E-state index in [0.29, 0.717) is 17.0 Å². The molecule has 0 saturated carbocycles. The van der Waals surface area contributed by atoms with Crippen LogP contribution in [0.1, 0.15) is 11.1 Å². The number of rotatable bonds is 9. The van der Waals surface area contributed by atoms with Crippen LogP contribution in [0, 0.1) is 10.1 Å².